The predicted octanol–water partition coefficient (Wildman–Crippen LogP) is 4.38. The Balaban J connectivity index is 1.37. The van der Waals surface area contributed by atoms with Crippen LogP contribution in [-0.2, 0) is 6.54 Å². The minimum Gasteiger partial charge on any atom is -0.321 e. The van der Waals surface area contributed by atoms with Crippen molar-refractivity contribution in [3.05, 3.63) is 59.1 Å². The number of H-pyrrole nitrogens is 1. The molecule has 1 aliphatic heterocycles. The fourth-order valence-electron chi connectivity index (χ4n) is 3.26. The number of amides is 1. The van der Waals surface area contributed by atoms with Gasteiger partial charge in [0.1, 0.15) is 0 Å². The topological polar surface area (TPSA) is 61.0 Å². The van der Waals surface area contributed by atoms with Gasteiger partial charge in [0.15, 0.2) is 5.69 Å². The van der Waals surface area contributed by atoms with Crippen LogP contribution in [0.5, 0.6) is 0 Å². The highest BCUT2D eigenvalue weighted by atomic mass is 32.1. The fraction of sp³-hybridized carbons (Fsp3) is 0.300. The second-order valence-electron chi connectivity index (χ2n) is 6.63. The summed E-state index contributed by atoms with van der Waals surface area (Å²) >= 11 is 1.61. The molecule has 0 radical (unpaired) electrons. The Hall–Kier alpha value is -2.44. The second-order valence-corrected chi connectivity index (χ2v) is 7.58. The average Bonchev–Trinajstić information content (AvgIpc) is 3.36. The summed E-state index contributed by atoms with van der Waals surface area (Å²) in [5.74, 6) is -0.201. The molecule has 2 N–H and O–H groups in total. The largest absolute Gasteiger partial charge is 0.321 e. The number of thiophene rings is 1. The van der Waals surface area contributed by atoms with E-state index in [1.807, 2.05) is 29.6 Å². The van der Waals surface area contributed by atoms with Crippen molar-refractivity contribution in [2.24, 2.45) is 0 Å². The summed E-state index contributed by atoms with van der Waals surface area (Å²) in [5.41, 5.74) is 3.33. The van der Waals surface area contributed by atoms with Crippen molar-refractivity contribution >= 4 is 22.9 Å². The van der Waals surface area contributed by atoms with Crippen LogP contribution in [0.1, 0.15) is 35.3 Å². The molecule has 0 spiro atoms. The molecule has 3 aromatic rings. The lowest BCUT2D eigenvalue weighted by molar-refractivity contribution is 0.102. The quantitative estimate of drug-likeness (QED) is 0.704. The molecule has 4 rings (SSSR count). The third kappa shape index (κ3) is 4.03. The van der Waals surface area contributed by atoms with Crippen molar-refractivity contribution in [1.82, 2.24) is 15.1 Å². The Labute approximate surface area is 157 Å². The van der Waals surface area contributed by atoms with Gasteiger partial charge in [-0.15, -0.1) is 11.3 Å². The van der Waals surface area contributed by atoms with Gasteiger partial charge in [0, 0.05) is 12.2 Å². The number of likely N-dealkylation sites (tertiary alicyclic amines) is 1. The van der Waals surface area contributed by atoms with Crippen LogP contribution in [0.25, 0.3) is 10.6 Å². The van der Waals surface area contributed by atoms with Gasteiger partial charge >= 0.3 is 0 Å². The Bertz CT molecular complexity index is 848. The first-order valence-corrected chi connectivity index (χ1v) is 9.88. The molecule has 1 aliphatic rings. The summed E-state index contributed by atoms with van der Waals surface area (Å²) in [6.45, 7) is 3.35. The van der Waals surface area contributed by atoms with Gasteiger partial charge in [0.2, 0.25) is 0 Å². The van der Waals surface area contributed by atoms with Crippen LogP contribution >= 0.6 is 11.3 Å². The number of carbonyl (C=O) groups excluding carboxylic acids is 1. The highest BCUT2D eigenvalue weighted by Crippen LogP contribution is 2.23. The molecule has 134 valence electrons. The van der Waals surface area contributed by atoms with E-state index in [-0.39, 0.29) is 5.91 Å². The average molecular weight is 366 g/mol. The SMILES string of the molecule is O=C(Nc1ccc(CN2CCCCC2)cc1)c1cc(-c2cccs2)[nH]n1. The summed E-state index contributed by atoms with van der Waals surface area (Å²) < 4.78 is 0. The zero-order valence-electron chi connectivity index (χ0n) is 14.6. The van der Waals surface area contributed by atoms with Gasteiger partial charge < -0.3 is 5.32 Å². The van der Waals surface area contributed by atoms with Crippen molar-refractivity contribution in [1.29, 1.82) is 0 Å². The van der Waals surface area contributed by atoms with Crippen LogP contribution in [0.15, 0.2) is 47.8 Å². The molecule has 0 bridgehead atoms. The van der Waals surface area contributed by atoms with Gasteiger partial charge in [-0.1, -0.05) is 24.6 Å². The number of rotatable bonds is 5. The van der Waals surface area contributed by atoms with E-state index in [9.17, 15) is 4.79 Å². The summed E-state index contributed by atoms with van der Waals surface area (Å²) in [6, 6.07) is 13.9. The molecule has 6 heteroatoms. The Morgan fingerprint density at radius 3 is 2.69 bits per heavy atom. The standard InChI is InChI=1S/C20H22N4OS/c25-20(18-13-17(22-23-18)19-5-4-12-26-19)21-16-8-6-15(7-9-16)14-24-10-2-1-3-11-24/h4-9,12-13H,1-3,10-11,14H2,(H,21,25)(H,22,23). The molecule has 0 atom stereocenters. The minimum atomic E-state index is -0.201. The van der Waals surface area contributed by atoms with Crippen molar-refractivity contribution in [3.63, 3.8) is 0 Å². The van der Waals surface area contributed by atoms with Gasteiger partial charge in [-0.25, -0.2) is 0 Å². The highest BCUT2D eigenvalue weighted by molar-refractivity contribution is 7.13. The minimum absolute atomic E-state index is 0.201. The molecule has 0 saturated carbocycles. The predicted molar refractivity (Wildman–Crippen MR) is 105 cm³/mol. The third-order valence-corrected chi connectivity index (χ3v) is 5.57. The zero-order chi connectivity index (χ0) is 17.8. The smallest absolute Gasteiger partial charge is 0.276 e. The maximum absolute atomic E-state index is 12.4. The number of aromatic nitrogens is 2. The van der Waals surface area contributed by atoms with E-state index in [0.29, 0.717) is 5.69 Å². The molecule has 5 nitrogen and oxygen atoms in total. The molecule has 1 aromatic carbocycles. The van der Waals surface area contributed by atoms with Gasteiger partial charge in [0.05, 0.1) is 10.6 Å². The molecule has 2 aromatic heterocycles. The summed E-state index contributed by atoms with van der Waals surface area (Å²) in [6.07, 6.45) is 3.94. The molecule has 3 heterocycles. The number of aromatic amines is 1. The maximum atomic E-state index is 12.4. The van der Waals surface area contributed by atoms with E-state index in [1.54, 1.807) is 17.4 Å². The highest BCUT2D eigenvalue weighted by Gasteiger charge is 2.13. The number of carbonyl (C=O) groups is 1. The molecular formula is C20H22N4OS. The molecule has 0 unspecified atom stereocenters. The lowest BCUT2D eigenvalue weighted by atomic mass is 10.1. The summed E-state index contributed by atoms with van der Waals surface area (Å²) in [5, 5.41) is 12.0. The first-order valence-electron chi connectivity index (χ1n) is 9.00. The first kappa shape index (κ1) is 17.0. The number of nitrogens with zero attached hydrogens (tertiary/aromatic N) is 2. The maximum Gasteiger partial charge on any atom is 0.276 e. The number of hydrogen-bond acceptors (Lipinski definition) is 4. The molecule has 1 fully saturated rings. The molecule has 1 amide bonds. The normalized spacial score (nSPS) is 15.1. The third-order valence-electron chi connectivity index (χ3n) is 4.66. The van der Waals surface area contributed by atoms with Crippen LogP contribution in [0.2, 0.25) is 0 Å². The second kappa shape index (κ2) is 7.85. The number of piperidine rings is 1. The van der Waals surface area contributed by atoms with Gasteiger partial charge in [-0.2, -0.15) is 5.10 Å². The van der Waals surface area contributed by atoms with Gasteiger partial charge in [0.25, 0.3) is 5.91 Å². The number of nitrogens with one attached hydrogen (secondary N) is 2. The monoisotopic (exact) mass is 366 g/mol. The van der Waals surface area contributed by atoms with E-state index in [4.69, 9.17) is 0 Å². The van der Waals surface area contributed by atoms with Gasteiger partial charge in [-0.05, 0) is 61.1 Å². The van der Waals surface area contributed by atoms with Crippen LogP contribution in [0.4, 0.5) is 5.69 Å². The van der Waals surface area contributed by atoms with Crippen molar-refractivity contribution in [2.45, 2.75) is 25.8 Å². The molecule has 26 heavy (non-hydrogen) atoms. The van der Waals surface area contributed by atoms with E-state index >= 15 is 0 Å². The van der Waals surface area contributed by atoms with Crippen LogP contribution in [0.3, 0.4) is 0 Å². The fourth-order valence-corrected chi connectivity index (χ4v) is 3.95. The van der Waals surface area contributed by atoms with Crippen molar-refractivity contribution in [3.8, 4) is 10.6 Å². The number of benzene rings is 1. The molecular weight excluding hydrogens is 344 g/mol. The van der Waals surface area contributed by atoms with E-state index < -0.39 is 0 Å². The van der Waals surface area contributed by atoms with Crippen molar-refractivity contribution in [2.75, 3.05) is 18.4 Å². The molecule has 0 aliphatic carbocycles. The zero-order valence-corrected chi connectivity index (χ0v) is 15.4. The van der Waals surface area contributed by atoms with E-state index in [1.165, 1.54) is 37.9 Å². The summed E-state index contributed by atoms with van der Waals surface area (Å²) in [7, 11) is 0. The van der Waals surface area contributed by atoms with Crippen molar-refractivity contribution < 1.29 is 4.79 Å². The lowest BCUT2D eigenvalue weighted by Gasteiger charge is -2.26. The first-order chi connectivity index (χ1) is 12.8. The number of hydrogen-bond donors (Lipinski definition) is 2. The Morgan fingerprint density at radius 2 is 1.96 bits per heavy atom. The van der Waals surface area contributed by atoms with Crippen LogP contribution < -0.4 is 5.32 Å². The van der Waals surface area contributed by atoms with Crippen LogP contribution in [-0.4, -0.2) is 34.1 Å². The van der Waals surface area contributed by atoms with Crippen LogP contribution in [0, 0.1) is 0 Å². The lowest BCUT2D eigenvalue weighted by Crippen LogP contribution is -2.29. The Kier molecular flexibility index (Phi) is 5.13. The van der Waals surface area contributed by atoms with E-state index in [0.717, 1.165) is 22.8 Å². The molecule has 1 saturated heterocycles. The van der Waals surface area contributed by atoms with Gasteiger partial charge in [-0.3, -0.25) is 14.8 Å². The van der Waals surface area contributed by atoms with E-state index in [2.05, 4.69) is 32.5 Å². The number of anilines is 1. The Morgan fingerprint density at radius 1 is 1.15 bits per heavy atom. The summed E-state index contributed by atoms with van der Waals surface area (Å²) in [4.78, 5) is 16.0.